The summed E-state index contributed by atoms with van der Waals surface area (Å²) in [6.07, 6.45) is -2.71. The third-order valence-corrected chi connectivity index (χ3v) is 4.87. The van der Waals surface area contributed by atoms with E-state index >= 15 is 0 Å². The molecule has 0 radical (unpaired) electrons. The quantitative estimate of drug-likeness (QED) is 0.498. The lowest BCUT2D eigenvalue weighted by Gasteiger charge is -2.34. The van der Waals surface area contributed by atoms with E-state index in [-0.39, 0.29) is 5.92 Å². The molecule has 24 heavy (non-hydrogen) atoms. The summed E-state index contributed by atoms with van der Waals surface area (Å²) in [5, 5.41) is 0. The van der Waals surface area contributed by atoms with Crippen molar-refractivity contribution >= 4 is 0 Å². The maximum absolute atomic E-state index is 13.1. The first kappa shape index (κ1) is 21.0. The van der Waals surface area contributed by atoms with Crippen LogP contribution in [0.25, 0.3) is 0 Å². The molecular formula is C20H31F3O. The van der Waals surface area contributed by atoms with E-state index < -0.39 is 24.1 Å². The van der Waals surface area contributed by atoms with Gasteiger partial charge in [-0.15, -0.1) is 0 Å². The molecule has 4 unspecified atom stereocenters. The Balaban J connectivity index is 2.81. The predicted molar refractivity (Wildman–Crippen MR) is 92.6 cm³/mol. The second-order valence-electron chi connectivity index (χ2n) is 7.40. The molecule has 0 fully saturated rings. The van der Waals surface area contributed by atoms with Gasteiger partial charge in [0.1, 0.15) is 0 Å². The average molecular weight is 344 g/mol. The van der Waals surface area contributed by atoms with Gasteiger partial charge in [0.05, 0.1) is 18.6 Å². The van der Waals surface area contributed by atoms with Crippen molar-refractivity contribution in [3.8, 4) is 0 Å². The Kier molecular flexibility index (Phi) is 8.28. The Morgan fingerprint density at radius 3 is 2.00 bits per heavy atom. The Labute approximate surface area is 144 Å². The molecule has 0 amide bonds. The second-order valence-corrected chi connectivity index (χ2v) is 7.40. The molecule has 138 valence electrons. The van der Waals surface area contributed by atoms with E-state index in [1.807, 2.05) is 37.3 Å². The van der Waals surface area contributed by atoms with Crippen LogP contribution in [0.3, 0.4) is 0 Å². The summed E-state index contributed by atoms with van der Waals surface area (Å²) in [5.41, 5.74) is 0.991. The maximum Gasteiger partial charge on any atom is 0.391 e. The average Bonchev–Trinajstić information content (AvgIpc) is 2.52. The molecule has 1 aromatic rings. The third-order valence-electron chi connectivity index (χ3n) is 4.87. The van der Waals surface area contributed by atoms with Gasteiger partial charge < -0.3 is 4.74 Å². The van der Waals surface area contributed by atoms with Crippen molar-refractivity contribution in [3.63, 3.8) is 0 Å². The minimum atomic E-state index is -4.19. The van der Waals surface area contributed by atoms with Gasteiger partial charge in [-0.1, -0.05) is 71.4 Å². The van der Waals surface area contributed by atoms with Crippen molar-refractivity contribution in [1.29, 1.82) is 0 Å². The van der Waals surface area contributed by atoms with Gasteiger partial charge in [-0.3, -0.25) is 0 Å². The molecule has 0 heterocycles. The zero-order valence-corrected chi connectivity index (χ0v) is 15.4. The van der Waals surface area contributed by atoms with Crippen LogP contribution in [0, 0.1) is 23.7 Å². The molecule has 1 aromatic carbocycles. The summed E-state index contributed by atoms with van der Waals surface area (Å²) in [7, 11) is 0. The minimum Gasteiger partial charge on any atom is -0.373 e. The Morgan fingerprint density at radius 2 is 1.50 bits per heavy atom. The lowest BCUT2D eigenvalue weighted by atomic mass is 9.81. The third kappa shape index (κ3) is 6.84. The molecule has 0 aliphatic heterocycles. The van der Waals surface area contributed by atoms with Crippen molar-refractivity contribution in [1.82, 2.24) is 0 Å². The number of rotatable bonds is 9. The van der Waals surface area contributed by atoms with Gasteiger partial charge in [-0.2, -0.15) is 13.2 Å². The molecular weight excluding hydrogens is 313 g/mol. The molecule has 0 spiro atoms. The van der Waals surface area contributed by atoms with Crippen molar-refractivity contribution in [2.75, 3.05) is 0 Å². The Bertz CT molecular complexity index is 456. The molecule has 1 rings (SSSR count). The van der Waals surface area contributed by atoms with E-state index in [1.54, 1.807) is 6.92 Å². The van der Waals surface area contributed by atoms with Crippen molar-refractivity contribution < 1.29 is 17.9 Å². The van der Waals surface area contributed by atoms with E-state index in [4.69, 9.17) is 4.74 Å². The van der Waals surface area contributed by atoms with Crippen LogP contribution in [0.15, 0.2) is 30.3 Å². The largest absolute Gasteiger partial charge is 0.391 e. The standard InChI is InChI=1S/C20H31F3O/c1-14(2)11-12-15(3)19(16(4)17(5)20(21,22)23)24-13-18-9-7-6-8-10-18/h6-10,14-17,19H,11-13H2,1-5H3. The van der Waals surface area contributed by atoms with Crippen LogP contribution in [0.2, 0.25) is 0 Å². The van der Waals surface area contributed by atoms with Gasteiger partial charge in [0.25, 0.3) is 0 Å². The number of ether oxygens (including phenoxy) is 1. The molecule has 0 saturated heterocycles. The highest BCUT2D eigenvalue weighted by atomic mass is 19.4. The number of benzene rings is 1. The van der Waals surface area contributed by atoms with Gasteiger partial charge in [0.15, 0.2) is 0 Å². The molecule has 1 nitrogen and oxygen atoms in total. The van der Waals surface area contributed by atoms with Crippen LogP contribution < -0.4 is 0 Å². The van der Waals surface area contributed by atoms with Crippen LogP contribution in [-0.4, -0.2) is 12.3 Å². The molecule has 0 N–H and O–H groups in total. The number of alkyl halides is 3. The normalized spacial score (nSPS) is 17.5. The van der Waals surface area contributed by atoms with Crippen molar-refractivity contribution in [3.05, 3.63) is 35.9 Å². The van der Waals surface area contributed by atoms with Gasteiger partial charge in [0.2, 0.25) is 0 Å². The summed E-state index contributed by atoms with van der Waals surface area (Å²) in [6.45, 7) is 9.56. The summed E-state index contributed by atoms with van der Waals surface area (Å²) in [4.78, 5) is 0. The zero-order valence-electron chi connectivity index (χ0n) is 15.4. The topological polar surface area (TPSA) is 9.23 Å². The number of halogens is 3. The summed E-state index contributed by atoms with van der Waals surface area (Å²) in [6, 6.07) is 9.62. The first-order chi connectivity index (χ1) is 11.1. The fourth-order valence-corrected chi connectivity index (χ4v) is 2.94. The molecule has 0 aliphatic rings. The number of hydrogen-bond acceptors (Lipinski definition) is 1. The van der Waals surface area contributed by atoms with Crippen LogP contribution in [0.4, 0.5) is 13.2 Å². The van der Waals surface area contributed by atoms with Gasteiger partial charge in [-0.05, 0) is 29.7 Å². The molecule has 0 aliphatic carbocycles. The van der Waals surface area contributed by atoms with E-state index in [2.05, 4.69) is 13.8 Å². The highest BCUT2D eigenvalue weighted by molar-refractivity contribution is 5.13. The lowest BCUT2D eigenvalue weighted by Crippen LogP contribution is -2.38. The summed E-state index contributed by atoms with van der Waals surface area (Å²) < 4.78 is 45.4. The molecule has 4 heteroatoms. The van der Waals surface area contributed by atoms with Crippen LogP contribution >= 0.6 is 0 Å². The van der Waals surface area contributed by atoms with Crippen molar-refractivity contribution in [2.45, 2.75) is 66.3 Å². The smallest absolute Gasteiger partial charge is 0.373 e. The summed E-state index contributed by atoms with van der Waals surface area (Å²) >= 11 is 0. The highest BCUT2D eigenvalue weighted by Crippen LogP contribution is 2.37. The SMILES string of the molecule is CC(C)CCC(C)C(OCc1ccccc1)C(C)C(C)C(F)(F)F. The summed E-state index contributed by atoms with van der Waals surface area (Å²) in [5.74, 6) is -1.32. The Morgan fingerprint density at radius 1 is 0.917 bits per heavy atom. The van der Waals surface area contributed by atoms with E-state index in [9.17, 15) is 13.2 Å². The lowest BCUT2D eigenvalue weighted by molar-refractivity contribution is -0.198. The van der Waals surface area contributed by atoms with Crippen molar-refractivity contribution in [2.24, 2.45) is 23.7 Å². The maximum atomic E-state index is 13.1. The molecule has 4 atom stereocenters. The van der Waals surface area contributed by atoms with Gasteiger partial charge >= 0.3 is 6.18 Å². The van der Waals surface area contributed by atoms with Gasteiger partial charge in [0, 0.05) is 0 Å². The predicted octanol–water partition coefficient (Wildman–Crippen LogP) is 6.48. The fraction of sp³-hybridized carbons (Fsp3) is 0.700. The first-order valence-corrected chi connectivity index (χ1v) is 8.85. The minimum absolute atomic E-state index is 0.0934. The van der Waals surface area contributed by atoms with E-state index in [0.29, 0.717) is 12.5 Å². The monoisotopic (exact) mass is 344 g/mol. The van der Waals surface area contributed by atoms with E-state index in [0.717, 1.165) is 18.4 Å². The Hall–Kier alpha value is -1.03. The zero-order chi connectivity index (χ0) is 18.3. The van der Waals surface area contributed by atoms with Crippen LogP contribution in [-0.2, 0) is 11.3 Å². The highest BCUT2D eigenvalue weighted by Gasteiger charge is 2.43. The van der Waals surface area contributed by atoms with Crippen LogP contribution in [0.1, 0.15) is 53.0 Å². The second kappa shape index (κ2) is 9.45. The van der Waals surface area contributed by atoms with Gasteiger partial charge in [-0.25, -0.2) is 0 Å². The molecule has 0 saturated carbocycles. The molecule has 0 aromatic heterocycles. The molecule has 0 bridgehead atoms. The fourth-order valence-electron chi connectivity index (χ4n) is 2.94. The number of hydrogen-bond donors (Lipinski definition) is 0. The van der Waals surface area contributed by atoms with Crippen LogP contribution in [0.5, 0.6) is 0 Å². The first-order valence-electron chi connectivity index (χ1n) is 8.85. The van der Waals surface area contributed by atoms with E-state index in [1.165, 1.54) is 6.92 Å².